The van der Waals surface area contributed by atoms with Crippen molar-refractivity contribution >= 4 is 5.91 Å². The number of nitrogens with one attached hydrogen (secondary N) is 1. The molecule has 1 heterocycles. The maximum absolute atomic E-state index is 11.7. The number of rotatable bonds is 1. The summed E-state index contributed by atoms with van der Waals surface area (Å²) >= 11 is 0. The van der Waals surface area contributed by atoms with E-state index in [2.05, 4.69) is 26.1 Å². The van der Waals surface area contributed by atoms with Gasteiger partial charge in [-0.3, -0.25) is 4.79 Å². The van der Waals surface area contributed by atoms with Gasteiger partial charge < -0.3 is 5.32 Å². The second-order valence-electron chi connectivity index (χ2n) is 6.29. The van der Waals surface area contributed by atoms with Gasteiger partial charge in [-0.1, -0.05) is 20.8 Å². The van der Waals surface area contributed by atoms with Gasteiger partial charge in [0.1, 0.15) is 0 Å². The highest BCUT2D eigenvalue weighted by Gasteiger charge is 2.48. The van der Waals surface area contributed by atoms with Gasteiger partial charge in [-0.05, 0) is 37.5 Å². The van der Waals surface area contributed by atoms with Crippen LogP contribution < -0.4 is 5.32 Å². The van der Waals surface area contributed by atoms with E-state index < -0.39 is 0 Å². The Hall–Kier alpha value is -0.530. The van der Waals surface area contributed by atoms with Gasteiger partial charge in [0.15, 0.2) is 0 Å². The Balaban J connectivity index is 1.98. The normalized spacial score (nSPS) is 30.2. The molecule has 1 unspecified atom stereocenters. The number of carbonyl (C=O) groups is 1. The Bertz CT molecular complexity index is 248. The van der Waals surface area contributed by atoms with E-state index in [4.69, 9.17) is 0 Å². The zero-order valence-electron chi connectivity index (χ0n) is 9.52. The molecule has 0 aromatic rings. The van der Waals surface area contributed by atoms with E-state index in [0.29, 0.717) is 5.91 Å². The van der Waals surface area contributed by atoms with Crippen LogP contribution in [0.2, 0.25) is 0 Å². The van der Waals surface area contributed by atoms with Gasteiger partial charge in [-0.25, -0.2) is 0 Å². The lowest BCUT2D eigenvalue weighted by Gasteiger charge is -2.38. The first-order valence-electron chi connectivity index (χ1n) is 5.72. The van der Waals surface area contributed by atoms with Crippen LogP contribution in [-0.4, -0.2) is 11.4 Å². The molecule has 0 aromatic heterocycles. The van der Waals surface area contributed by atoms with Crippen molar-refractivity contribution in [2.24, 2.45) is 11.3 Å². The first-order valence-corrected chi connectivity index (χ1v) is 5.72. The van der Waals surface area contributed by atoms with Gasteiger partial charge >= 0.3 is 0 Å². The quantitative estimate of drug-likeness (QED) is 0.684. The van der Waals surface area contributed by atoms with Crippen LogP contribution in [0.3, 0.4) is 0 Å². The zero-order valence-corrected chi connectivity index (χ0v) is 9.52. The monoisotopic (exact) mass is 195 g/mol. The molecule has 2 aliphatic rings. The second-order valence-corrected chi connectivity index (χ2v) is 6.29. The lowest BCUT2D eigenvalue weighted by Crippen LogP contribution is -2.47. The van der Waals surface area contributed by atoms with Gasteiger partial charge in [0.05, 0.1) is 0 Å². The summed E-state index contributed by atoms with van der Waals surface area (Å²) in [5, 5.41) is 3.20. The highest BCUT2D eigenvalue weighted by molar-refractivity contribution is 5.82. The number of hydrogen-bond acceptors (Lipinski definition) is 1. The van der Waals surface area contributed by atoms with Crippen LogP contribution in [0.1, 0.15) is 52.9 Å². The predicted octanol–water partition coefficient (Wildman–Crippen LogP) is 2.48. The minimum Gasteiger partial charge on any atom is -0.350 e. The average Bonchev–Trinajstić information content (AvgIpc) is 2.24. The van der Waals surface area contributed by atoms with Gasteiger partial charge in [-0.2, -0.15) is 0 Å². The highest BCUT2D eigenvalue weighted by atomic mass is 16.2. The molecule has 1 aliphatic heterocycles. The van der Waals surface area contributed by atoms with Crippen LogP contribution in [0.4, 0.5) is 0 Å². The highest BCUT2D eigenvalue weighted by Crippen LogP contribution is 2.44. The van der Waals surface area contributed by atoms with Gasteiger partial charge in [0.2, 0.25) is 5.91 Å². The van der Waals surface area contributed by atoms with E-state index >= 15 is 0 Å². The Morgan fingerprint density at radius 1 is 1.43 bits per heavy atom. The summed E-state index contributed by atoms with van der Waals surface area (Å²) < 4.78 is 0. The second kappa shape index (κ2) is 2.98. The molecule has 2 nitrogen and oxygen atoms in total. The predicted molar refractivity (Wildman–Crippen MR) is 56.9 cm³/mol. The lowest BCUT2D eigenvalue weighted by atomic mass is 9.72. The number of hydrogen-bond donors (Lipinski definition) is 1. The Morgan fingerprint density at radius 2 is 2.07 bits per heavy atom. The van der Waals surface area contributed by atoms with Crippen LogP contribution >= 0.6 is 0 Å². The molecule has 1 amide bonds. The molecule has 2 rings (SSSR count). The largest absolute Gasteiger partial charge is 0.350 e. The van der Waals surface area contributed by atoms with Crippen molar-refractivity contribution in [2.75, 3.05) is 0 Å². The first kappa shape index (κ1) is 10.0. The van der Waals surface area contributed by atoms with Gasteiger partial charge in [0.25, 0.3) is 0 Å². The third-order valence-corrected chi connectivity index (χ3v) is 3.57. The summed E-state index contributed by atoms with van der Waals surface area (Å²) in [6.07, 6.45) is 5.82. The fourth-order valence-corrected chi connectivity index (χ4v) is 2.82. The molecule has 0 bridgehead atoms. The van der Waals surface area contributed by atoms with E-state index in [1.54, 1.807) is 0 Å². The Labute approximate surface area is 86.5 Å². The Kier molecular flexibility index (Phi) is 2.13. The fraction of sp³-hybridized carbons (Fsp3) is 0.917. The molecule has 2 heteroatoms. The first-order chi connectivity index (χ1) is 6.40. The smallest absolute Gasteiger partial charge is 0.223 e. The molecule has 0 aromatic carbocycles. The molecule has 1 saturated heterocycles. The number of amides is 1. The summed E-state index contributed by atoms with van der Waals surface area (Å²) in [6.45, 7) is 6.64. The van der Waals surface area contributed by atoms with E-state index in [-0.39, 0.29) is 16.9 Å². The van der Waals surface area contributed by atoms with Crippen molar-refractivity contribution in [1.29, 1.82) is 0 Å². The summed E-state index contributed by atoms with van der Waals surface area (Å²) in [4.78, 5) is 11.7. The van der Waals surface area contributed by atoms with Crippen molar-refractivity contribution in [3.05, 3.63) is 0 Å². The third kappa shape index (κ3) is 1.79. The SMILES string of the molecule is CC(C)(C)CC1CC2(CCC2)NC1=O. The molecule has 0 radical (unpaired) electrons. The lowest BCUT2D eigenvalue weighted by molar-refractivity contribution is -0.123. The zero-order chi connectivity index (χ0) is 10.4. The molecule has 1 atom stereocenters. The van der Waals surface area contributed by atoms with Crippen LogP contribution in [0.5, 0.6) is 0 Å². The summed E-state index contributed by atoms with van der Waals surface area (Å²) in [6, 6.07) is 0. The van der Waals surface area contributed by atoms with E-state index in [1.807, 2.05) is 0 Å². The summed E-state index contributed by atoms with van der Waals surface area (Å²) in [5.41, 5.74) is 0.504. The molecule has 2 fully saturated rings. The maximum atomic E-state index is 11.7. The van der Waals surface area contributed by atoms with Crippen molar-refractivity contribution in [3.63, 3.8) is 0 Å². The minimum atomic E-state index is 0.229. The van der Waals surface area contributed by atoms with E-state index in [9.17, 15) is 4.79 Å². The molecule has 1 spiro atoms. The maximum Gasteiger partial charge on any atom is 0.223 e. The van der Waals surface area contributed by atoms with Crippen LogP contribution in [0, 0.1) is 11.3 Å². The average molecular weight is 195 g/mol. The molecule has 1 N–H and O–H groups in total. The molecule has 14 heavy (non-hydrogen) atoms. The van der Waals surface area contributed by atoms with Crippen molar-refractivity contribution in [3.8, 4) is 0 Å². The molecule has 1 saturated carbocycles. The fourth-order valence-electron chi connectivity index (χ4n) is 2.82. The summed E-state index contributed by atoms with van der Waals surface area (Å²) in [5.74, 6) is 0.579. The van der Waals surface area contributed by atoms with Crippen molar-refractivity contribution in [2.45, 2.75) is 58.4 Å². The van der Waals surface area contributed by atoms with Crippen molar-refractivity contribution in [1.82, 2.24) is 5.32 Å². The molecular formula is C12H21NO. The molecule has 1 aliphatic carbocycles. The summed E-state index contributed by atoms with van der Waals surface area (Å²) in [7, 11) is 0. The minimum absolute atomic E-state index is 0.229. The van der Waals surface area contributed by atoms with Crippen LogP contribution in [-0.2, 0) is 4.79 Å². The van der Waals surface area contributed by atoms with Crippen LogP contribution in [0.25, 0.3) is 0 Å². The van der Waals surface area contributed by atoms with Crippen molar-refractivity contribution < 1.29 is 4.79 Å². The van der Waals surface area contributed by atoms with Crippen LogP contribution in [0.15, 0.2) is 0 Å². The number of carbonyl (C=O) groups excluding carboxylic acids is 1. The van der Waals surface area contributed by atoms with Gasteiger partial charge in [-0.15, -0.1) is 0 Å². The van der Waals surface area contributed by atoms with Gasteiger partial charge in [0, 0.05) is 11.5 Å². The standard InChI is InChI=1S/C12H21NO/c1-11(2,3)7-9-8-12(5-4-6-12)13-10(9)14/h9H,4-8H2,1-3H3,(H,13,14). The molecular weight excluding hydrogens is 174 g/mol. The topological polar surface area (TPSA) is 29.1 Å². The van der Waals surface area contributed by atoms with E-state index in [1.165, 1.54) is 19.3 Å². The third-order valence-electron chi connectivity index (χ3n) is 3.57. The van der Waals surface area contributed by atoms with E-state index in [0.717, 1.165) is 12.8 Å². The molecule has 80 valence electrons. The Morgan fingerprint density at radius 3 is 2.43 bits per heavy atom.